The number of carbonyl (C=O) groups is 2. The Hall–Kier alpha value is -1.70. The smallest absolute Gasteiger partial charge is 0.323 e. The van der Waals surface area contributed by atoms with E-state index in [1.807, 2.05) is 13.8 Å². The van der Waals surface area contributed by atoms with Gasteiger partial charge >= 0.3 is 12.0 Å². The van der Waals surface area contributed by atoms with Gasteiger partial charge in [0.05, 0.1) is 5.41 Å². The minimum atomic E-state index is -0.762. The number of aryl methyl sites for hydroxylation is 1. The number of amides is 2. The first-order valence-electron chi connectivity index (χ1n) is 7.12. The number of anilines is 1. The number of carboxylic acid groups (broad SMARTS) is 1. The summed E-state index contributed by atoms with van der Waals surface area (Å²) in [6, 6.07) is -0.233. The molecule has 0 spiro atoms. The Labute approximate surface area is 127 Å². The highest BCUT2D eigenvalue weighted by Gasteiger charge is 2.40. The second-order valence-corrected chi connectivity index (χ2v) is 6.27. The quantitative estimate of drug-likeness (QED) is 0.888. The number of hydrogen-bond donors (Lipinski definition) is 2. The number of urea groups is 1. The molecule has 1 saturated heterocycles. The standard InChI is InChI=1S/C13H20N4O3S/c1-3-9-15-16-11(21-9)14-12(20)17-7-5-13(4-2,6-8-17)10(18)19/h3-8H2,1-2H3,(H,18,19)(H,14,16,20). The number of carboxylic acids is 1. The van der Waals surface area contributed by atoms with Crippen LogP contribution in [0, 0.1) is 5.41 Å². The van der Waals surface area contributed by atoms with E-state index >= 15 is 0 Å². The van der Waals surface area contributed by atoms with Gasteiger partial charge in [0.15, 0.2) is 0 Å². The highest BCUT2D eigenvalue weighted by molar-refractivity contribution is 7.15. The van der Waals surface area contributed by atoms with Crippen LogP contribution in [0.25, 0.3) is 0 Å². The van der Waals surface area contributed by atoms with Gasteiger partial charge in [-0.2, -0.15) is 0 Å². The minimum Gasteiger partial charge on any atom is -0.481 e. The van der Waals surface area contributed by atoms with E-state index in [0.29, 0.717) is 37.5 Å². The second kappa shape index (κ2) is 6.38. The fourth-order valence-electron chi connectivity index (χ4n) is 2.47. The number of aromatic nitrogens is 2. The number of hydrogen-bond acceptors (Lipinski definition) is 5. The Balaban J connectivity index is 1.92. The average molecular weight is 312 g/mol. The minimum absolute atomic E-state index is 0.233. The van der Waals surface area contributed by atoms with Crippen LogP contribution in [-0.4, -0.2) is 45.3 Å². The van der Waals surface area contributed by atoms with Crippen LogP contribution in [0.1, 0.15) is 38.1 Å². The molecule has 8 heteroatoms. The SMILES string of the molecule is CCc1nnc(NC(=O)N2CCC(CC)(C(=O)O)CC2)s1. The molecule has 0 unspecified atom stereocenters. The van der Waals surface area contributed by atoms with Gasteiger partial charge in [-0.25, -0.2) is 4.79 Å². The van der Waals surface area contributed by atoms with Crippen LogP contribution in [0.2, 0.25) is 0 Å². The number of nitrogens with one attached hydrogen (secondary N) is 1. The van der Waals surface area contributed by atoms with Crippen LogP contribution < -0.4 is 5.32 Å². The Kier molecular flexibility index (Phi) is 4.76. The van der Waals surface area contributed by atoms with Crippen molar-refractivity contribution in [3.63, 3.8) is 0 Å². The molecule has 0 atom stereocenters. The van der Waals surface area contributed by atoms with Crippen molar-refractivity contribution in [3.8, 4) is 0 Å². The zero-order valence-electron chi connectivity index (χ0n) is 12.3. The highest BCUT2D eigenvalue weighted by atomic mass is 32.1. The molecular formula is C13H20N4O3S. The molecule has 2 amide bonds. The Bertz CT molecular complexity index is 523. The van der Waals surface area contributed by atoms with E-state index in [4.69, 9.17) is 0 Å². The van der Waals surface area contributed by atoms with E-state index < -0.39 is 11.4 Å². The zero-order chi connectivity index (χ0) is 15.5. The zero-order valence-corrected chi connectivity index (χ0v) is 13.1. The van der Waals surface area contributed by atoms with Crippen LogP contribution in [0.4, 0.5) is 9.93 Å². The van der Waals surface area contributed by atoms with Gasteiger partial charge in [0, 0.05) is 13.1 Å². The molecule has 1 aromatic rings. The van der Waals surface area contributed by atoms with Crippen molar-refractivity contribution < 1.29 is 14.7 Å². The summed E-state index contributed by atoms with van der Waals surface area (Å²) in [5, 5.41) is 21.3. The Morgan fingerprint density at radius 1 is 1.33 bits per heavy atom. The number of nitrogens with zero attached hydrogens (tertiary/aromatic N) is 3. The summed E-state index contributed by atoms with van der Waals surface area (Å²) >= 11 is 1.36. The van der Waals surface area contributed by atoms with E-state index in [0.717, 1.165) is 11.4 Å². The first-order chi connectivity index (χ1) is 10.0. The van der Waals surface area contributed by atoms with E-state index in [1.54, 1.807) is 4.90 Å². The maximum absolute atomic E-state index is 12.1. The molecule has 1 aliphatic rings. The lowest BCUT2D eigenvalue weighted by Gasteiger charge is -2.38. The van der Waals surface area contributed by atoms with Crippen LogP contribution in [0.3, 0.4) is 0 Å². The molecule has 2 heterocycles. The summed E-state index contributed by atoms with van der Waals surface area (Å²) < 4.78 is 0. The molecule has 1 aromatic heterocycles. The van der Waals surface area contributed by atoms with Crippen molar-refractivity contribution in [1.29, 1.82) is 0 Å². The summed E-state index contributed by atoms with van der Waals surface area (Å²) in [7, 11) is 0. The third-order valence-electron chi connectivity index (χ3n) is 4.12. The van der Waals surface area contributed by atoms with Crippen molar-refractivity contribution >= 4 is 28.5 Å². The van der Waals surface area contributed by atoms with Gasteiger partial charge in [0.25, 0.3) is 0 Å². The predicted octanol–water partition coefficient (Wildman–Crippen LogP) is 2.21. The van der Waals surface area contributed by atoms with Crippen molar-refractivity contribution in [1.82, 2.24) is 15.1 Å². The van der Waals surface area contributed by atoms with Gasteiger partial charge in [-0.05, 0) is 25.7 Å². The average Bonchev–Trinajstić information content (AvgIpc) is 2.94. The number of aliphatic carboxylic acids is 1. The van der Waals surface area contributed by atoms with Gasteiger partial charge in [0.1, 0.15) is 5.01 Å². The van der Waals surface area contributed by atoms with Crippen LogP contribution >= 0.6 is 11.3 Å². The van der Waals surface area contributed by atoms with Crippen LogP contribution in [-0.2, 0) is 11.2 Å². The maximum Gasteiger partial charge on any atom is 0.323 e. The van der Waals surface area contributed by atoms with Gasteiger partial charge < -0.3 is 10.0 Å². The topological polar surface area (TPSA) is 95.4 Å². The Morgan fingerprint density at radius 3 is 2.48 bits per heavy atom. The molecule has 0 saturated carbocycles. The molecule has 116 valence electrons. The van der Waals surface area contributed by atoms with Crippen LogP contribution in [0.15, 0.2) is 0 Å². The molecule has 0 aromatic carbocycles. The lowest BCUT2D eigenvalue weighted by atomic mass is 9.76. The van der Waals surface area contributed by atoms with Crippen molar-refractivity contribution in [2.24, 2.45) is 5.41 Å². The molecule has 0 aliphatic carbocycles. The normalized spacial score (nSPS) is 17.5. The molecule has 2 rings (SSSR count). The third kappa shape index (κ3) is 3.31. The number of rotatable bonds is 4. The maximum atomic E-state index is 12.1. The molecule has 21 heavy (non-hydrogen) atoms. The molecule has 0 bridgehead atoms. The number of likely N-dealkylation sites (tertiary alicyclic amines) is 1. The first kappa shape index (κ1) is 15.7. The van der Waals surface area contributed by atoms with Crippen molar-refractivity contribution in [2.45, 2.75) is 39.5 Å². The molecule has 1 fully saturated rings. The summed E-state index contributed by atoms with van der Waals surface area (Å²) in [4.78, 5) is 25.2. The van der Waals surface area contributed by atoms with E-state index in [2.05, 4.69) is 15.5 Å². The molecular weight excluding hydrogens is 292 g/mol. The first-order valence-corrected chi connectivity index (χ1v) is 7.94. The summed E-state index contributed by atoms with van der Waals surface area (Å²) in [6.45, 7) is 4.77. The van der Waals surface area contributed by atoms with E-state index in [-0.39, 0.29) is 6.03 Å². The third-order valence-corrected chi connectivity index (χ3v) is 5.10. The summed E-state index contributed by atoms with van der Waals surface area (Å²) in [5.74, 6) is -0.762. The van der Waals surface area contributed by atoms with Crippen molar-refractivity contribution in [3.05, 3.63) is 5.01 Å². The van der Waals surface area contributed by atoms with Gasteiger partial charge in [-0.15, -0.1) is 10.2 Å². The van der Waals surface area contributed by atoms with Crippen LogP contribution in [0.5, 0.6) is 0 Å². The van der Waals surface area contributed by atoms with Crippen molar-refractivity contribution in [2.75, 3.05) is 18.4 Å². The lowest BCUT2D eigenvalue weighted by Crippen LogP contribution is -2.47. The second-order valence-electron chi connectivity index (χ2n) is 5.21. The molecule has 0 radical (unpaired) electrons. The van der Waals surface area contributed by atoms with E-state index in [9.17, 15) is 14.7 Å². The van der Waals surface area contributed by atoms with Gasteiger partial charge in [-0.1, -0.05) is 25.2 Å². The number of piperidine rings is 1. The largest absolute Gasteiger partial charge is 0.481 e. The monoisotopic (exact) mass is 312 g/mol. The molecule has 7 nitrogen and oxygen atoms in total. The summed E-state index contributed by atoms with van der Waals surface area (Å²) in [5.41, 5.74) is -0.686. The molecule has 1 aliphatic heterocycles. The predicted molar refractivity (Wildman–Crippen MR) is 79.5 cm³/mol. The fourth-order valence-corrected chi connectivity index (χ4v) is 3.14. The Morgan fingerprint density at radius 2 is 2.00 bits per heavy atom. The van der Waals surface area contributed by atoms with Gasteiger partial charge in [0.2, 0.25) is 5.13 Å². The molecule has 2 N–H and O–H groups in total. The number of carbonyl (C=O) groups excluding carboxylic acids is 1. The van der Waals surface area contributed by atoms with Gasteiger partial charge in [-0.3, -0.25) is 10.1 Å². The summed E-state index contributed by atoms with van der Waals surface area (Å²) in [6.07, 6.45) is 2.36. The van der Waals surface area contributed by atoms with E-state index in [1.165, 1.54) is 11.3 Å². The fraction of sp³-hybridized carbons (Fsp3) is 0.692. The lowest BCUT2D eigenvalue weighted by molar-refractivity contribution is -0.151. The highest BCUT2D eigenvalue weighted by Crippen LogP contribution is 2.35.